The van der Waals surface area contributed by atoms with E-state index in [0.717, 1.165) is 0 Å². The Kier molecular flexibility index (Phi) is 7.50. The molecule has 6 nitrogen and oxygen atoms in total. The van der Waals surface area contributed by atoms with Crippen LogP contribution in [0.3, 0.4) is 0 Å². The van der Waals surface area contributed by atoms with Crippen molar-refractivity contribution in [3.05, 3.63) is 47.0 Å². The van der Waals surface area contributed by atoms with Gasteiger partial charge in [-0.3, -0.25) is 14.5 Å². The highest BCUT2D eigenvalue weighted by Gasteiger charge is 2.12. The Labute approximate surface area is 157 Å². The van der Waals surface area contributed by atoms with Crippen LogP contribution in [0.4, 0.5) is 5.13 Å². The van der Waals surface area contributed by atoms with Crippen molar-refractivity contribution in [1.29, 1.82) is 0 Å². The number of nitrogens with zero attached hydrogens (tertiary/aromatic N) is 2. The van der Waals surface area contributed by atoms with Crippen LogP contribution in [0.5, 0.6) is 5.75 Å². The summed E-state index contributed by atoms with van der Waals surface area (Å²) in [6.45, 7) is 4.93. The molecule has 1 heterocycles. The highest BCUT2D eigenvalue weighted by atomic mass is 32.1. The Morgan fingerprint density at radius 1 is 1.23 bits per heavy atom. The third kappa shape index (κ3) is 5.50. The SMILES string of the molecule is CCN(C(C)=O)c1nc(C=CC(=O)c2ccc(OCCOC)cc2)cs1. The Morgan fingerprint density at radius 2 is 1.96 bits per heavy atom. The fourth-order valence-corrected chi connectivity index (χ4v) is 3.09. The zero-order chi connectivity index (χ0) is 18.9. The van der Waals surface area contributed by atoms with Crippen LogP contribution >= 0.6 is 11.3 Å². The van der Waals surface area contributed by atoms with Gasteiger partial charge in [0.1, 0.15) is 12.4 Å². The van der Waals surface area contributed by atoms with Gasteiger partial charge in [0.25, 0.3) is 0 Å². The molecule has 26 heavy (non-hydrogen) atoms. The third-order valence-corrected chi connectivity index (χ3v) is 4.42. The van der Waals surface area contributed by atoms with Crippen molar-refractivity contribution in [3.63, 3.8) is 0 Å². The van der Waals surface area contributed by atoms with Gasteiger partial charge in [0, 0.05) is 31.5 Å². The number of amides is 1. The summed E-state index contributed by atoms with van der Waals surface area (Å²) in [5.41, 5.74) is 1.22. The smallest absolute Gasteiger partial charge is 0.225 e. The van der Waals surface area contributed by atoms with Gasteiger partial charge in [0.05, 0.1) is 12.3 Å². The Morgan fingerprint density at radius 3 is 2.58 bits per heavy atom. The molecule has 2 aromatic rings. The van der Waals surface area contributed by atoms with Crippen LogP contribution in [0.15, 0.2) is 35.7 Å². The number of ketones is 1. The molecule has 0 aliphatic rings. The average molecular weight is 374 g/mol. The fraction of sp³-hybridized carbons (Fsp3) is 0.316. The lowest BCUT2D eigenvalue weighted by Gasteiger charge is -2.14. The molecule has 0 saturated heterocycles. The molecular formula is C19H22N2O4S. The van der Waals surface area contributed by atoms with Crippen LogP contribution in [0, 0.1) is 0 Å². The lowest BCUT2D eigenvalue weighted by Crippen LogP contribution is -2.27. The minimum Gasteiger partial charge on any atom is -0.491 e. The molecule has 0 aliphatic carbocycles. The number of thiazole rings is 1. The van der Waals surface area contributed by atoms with Gasteiger partial charge in [-0.2, -0.15) is 0 Å². The first kappa shape index (κ1) is 19.8. The first-order valence-corrected chi connectivity index (χ1v) is 9.11. The van der Waals surface area contributed by atoms with E-state index in [1.807, 2.05) is 12.3 Å². The number of allylic oxidation sites excluding steroid dienone is 1. The van der Waals surface area contributed by atoms with Gasteiger partial charge in [0.2, 0.25) is 5.91 Å². The molecule has 2 rings (SSSR count). The van der Waals surface area contributed by atoms with E-state index in [-0.39, 0.29) is 11.7 Å². The summed E-state index contributed by atoms with van der Waals surface area (Å²) in [6.07, 6.45) is 3.13. The molecule has 0 fully saturated rings. The number of aromatic nitrogens is 1. The summed E-state index contributed by atoms with van der Waals surface area (Å²) in [7, 11) is 1.61. The molecule has 0 unspecified atom stereocenters. The van der Waals surface area contributed by atoms with E-state index in [4.69, 9.17) is 9.47 Å². The van der Waals surface area contributed by atoms with E-state index < -0.39 is 0 Å². The summed E-state index contributed by atoms with van der Waals surface area (Å²) >= 11 is 1.37. The van der Waals surface area contributed by atoms with Crippen LogP contribution in [-0.2, 0) is 9.53 Å². The maximum absolute atomic E-state index is 12.3. The van der Waals surface area contributed by atoms with Crippen LogP contribution in [0.1, 0.15) is 29.9 Å². The minimum absolute atomic E-state index is 0.0544. The van der Waals surface area contributed by atoms with Crippen LogP contribution in [0.25, 0.3) is 6.08 Å². The monoisotopic (exact) mass is 374 g/mol. The van der Waals surface area contributed by atoms with Crippen LogP contribution in [0.2, 0.25) is 0 Å². The largest absolute Gasteiger partial charge is 0.491 e. The first-order chi connectivity index (χ1) is 12.5. The van der Waals surface area contributed by atoms with Crippen molar-refractivity contribution < 1.29 is 19.1 Å². The van der Waals surface area contributed by atoms with Crippen molar-refractivity contribution in [3.8, 4) is 5.75 Å². The number of anilines is 1. The maximum Gasteiger partial charge on any atom is 0.225 e. The van der Waals surface area contributed by atoms with Gasteiger partial charge >= 0.3 is 0 Å². The molecular weight excluding hydrogens is 352 g/mol. The quantitative estimate of drug-likeness (QED) is 0.382. The third-order valence-electron chi connectivity index (χ3n) is 3.54. The summed E-state index contributed by atoms with van der Waals surface area (Å²) in [6, 6.07) is 6.94. The van der Waals surface area contributed by atoms with Crippen LogP contribution < -0.4 is 9.64 Å². The molecule has 0 atom stereocenters. The normalized spacial score (nSPS) is 10.9. The van der Waals surface area contributed by atoms with Gasteiger partial charge in [-0.15, -0.1) is 11.3 Å². The zero-order valence-electron chi connectivity index (χ0n) is 15.1. The molecule has 0 aliphatic heterocycles. The topological polar surface area (TPSA) is 68.7 Å². The second-order valence-corrected chi connectivity index (χ2v) is 6.22. The van der Waals surface area contributed by atoms with Gasteiger partial charge in [-0.25, -0.2) is 4.98 Å². The summed E-state index contributed by atoms with van der Waals surface area (Å²) in [5, 5.41) is 2.45. The van der Waals surface area contributed by atoms with Crippen molar-refractivity contribution in [2.45, 2.75) is 13.8 Å². The Bertz CT molecular complexity index is 768. The summed E-state index contributed by atoms with van der Waals surface area (Å²) in [4.78, 5) is 29.8. The number of benzene rings is 1. The summed E-state index contributed by atoms with van der Waals surface area (Å²) < 4.78 is 10.4. The second-order valence-electron chi connectivity index (χ2n) is 5.38. The highest BCUT2D eigenvalue weighted by molar-refractivity contribution is 7.14. The van der Waals surface area contributed by atoms with E-state index in [2.05, 4.69) is 4.98 Å². The predicted molar refractivity (Wildman–Crippen MR) is 103 cm³/mol. The highest BCUT2D eigenvalue weighted by Crippen LogP contribution is 2.21. The number of hydrogen-bond acceptors (Lipinski definition) is 6. The molecule has 1 aromatic heterocycles. The van der Waals surface area contributed by atoms with Gasteiger partial charge in [-0.05, 0) is 43.3 Å². The van der Waals surface area contributed by atoms with E-state index in [1.54, 1.807) is 42.4 Å². The number of methoxy groups -OCH3 is 1. The zero-order valence-corrected chi connectivity index (χ0v) is 15.9. The number of rotatable bonds is 9. The van der Waals surface area contributed by atoms with E-state index in [1.165, 1.54) is 24.3 Å². The van der Waals surface area contributed by atoms with Crippen molar-refractivity contribution in [1.82, 2.24) is 4.98 Å². The lowest BCUT2D eigenvalue weighted by molar-refractivity contribution is -0.116. The minimum atomic E-state index is -0.123. The van der Waals surface area contributed by atoms with Crippen molar-refractivity contribution >= 4 is 34.2 Å². The molecule has 138 valence electrons. The second kappa shape index (κ2) is 9.84. The molecule has 1 aromatic carbocycles. The predicted octanol–water partition coefficient (Wildman–Crippen LogP) is 3.44. The maximum atomic E-state index is 12.3. The molecule has 0 spiro atoms. The first-order valence-electron chi connectivity index (χ1n) is 8.23. The molecule has 7 heteroatoms. The van der Waals surface area contributed by atoms with E-state index in [9.17, 15) is 9.59 Å². The fourth-order valence-electron chi connectivity index (χ4n) is 2.18. The number of carbonyl (C=O) groups excluding carboxylic acids is 2. The Balaban J connectivity index is 1.98. The number of carbonyl (C=O) groups is 2. The average Bonchev–Trinajstić information content (AvgIpc) is 3.09. The van der Waals surface area contributed by atoms with E-state index in [0.29, 0.717) is 41.9 Å². The Hall–Kier alpha value is -2.51. The molecule has 0 N–H and O–H groups in total. The van der Waals surface area contributed by atoms with Gasteiger partial charge < -0.3 is 9.47 Å². The molecule has 1 amide bonds. The lowest BCUT2D eigenvalue weighted by atomic mass is 10.1. The molecule has 0 saturated carbocycles. The standard InChI is InChI=1S/C19H22N2O4S/c1-4-21(14(2)22)19-20-16(13-26-19)7-10-18(23)15-5-8-17(9-6-15)25-12-11-24-3/h5-10,13H,4,11-12H2,1-3H3. The van der Waals surface area contributed by atoms with Crippen molar-refractivity contribution in [2.75, 3.05) is 31.8 Å². The van der Waals surface area contributed by atoms with Gasteiger partial charge in [0.15, 0.2) is 10.9 Å². The van der Waals surface area contributed by atoms with Crippen molar-refractivity contribution in [2.24, 2.45) is 0 Å². The number of ether oxygens (including phenoxy) is 2. The van der Waals surface area contributed by atoms with E-state index >= 15 is 0 Å². The molecule has 0 radical (unpaired) electrons. The van der Waals surface area contributed by atoms with Gasteiger partial charge in [-0.1, -0.05) is 0 Å². The molecule has 0 bridgehead atoms. The summed E-state index contributed by atoms with van der Waals surface area (Å²) in [5.74, 6) is 0.513. The number of hydrogen-bond donors (Lipinski definition) is 0. The van der Waals surface area contributed by atoms with Crippen LogP contribution in [-0.4, -0.2) is 43.5 Å².